The number of rotatable bonds is 4. The van der Waals surface area contributed by atoms with E-state index in [1.807, 2.05) is 35.2 Å². The first-order valence-electron chi connectivity index (χ1n) is 8.40. The van der Waals surface area contributed by atoms with Crippen molar-refractivity contribution >= 4 is 28.4 Å². The Morgan fingerprint density at radius 2 is 1.89 bits per heavy atom. The molecule has 1 atom stereocenters. The molecule has 3 nitrogen and oxygen atoms in total. The first kappa shape index (κ1) is 19.7. The second kappa shape index (κ2) is 7.90. The van der Waals surface area contributed by atoms with Gasteiger partial charge in [0.1, 0.15) is 17.3 Å². The van der Waals surface area contributed by atoms with Crippen molar-refractivity contribution in [3.63, 3.8) is 0 Å². The standard InChI is InChI=1S/C19H18F4N2OS/c1-13-10-15(20)16(11-17(13)27(26)12-19(21,22)23)24-18-8-5-9-25(18)14-6-3-2-4-7-14/h2-4,6-7,10-11H,5,8-9,12H2,1H3. The quantitative estimate of drug-likeness (QED) is 0.529. The minimum absolute atomic E-state index is 0.0441. The van der Waals surface area contributed by atoms with Gasteiger partial charge in [0, 0.05) is 30.3 Å². The van der Waals surface area contributed by atoms with Gasteiger partial charge in [0.25, 0.3) is 0 Å². The fourth-order valence-electron chi connectivity index (χ4n) is 3.00. The number of halogens is 4. The monoisotopic (exact) mass is 398 g/mol. The van der Waals surface area contributed by atoms with Crippen LogP contribution in [0.2, 0.25) is 0 Å². The van der Waals surface area contributed by atoms with E-state index in [-0.39, 0.29) is 16.1 Å². The zero-order valence-electron chi connectivity index (χ0n) is 14.6. The number of hydrogen-bond acceptors (Lipinski definition) is 2. The van der Waals surface area contributed by atoms with Crippen LogP contribution in [0.15, 0.2) is 52.4 Å². The van der Waals surface area contributed by atoms with Gasteiger partial charge in [-0.2, -0.15) is 13.2 Å². The highest BCUT2D eigenvalue weighted by Gasteiger charge is 2.36. The number of para-hydroxylation sites is 1. The van der Waals surface area contributed by atoms with Gasteiger partial charge in [-0.25, -0.2) is 9.38 Å². The van der Waals surface area contributed by atoms with E-state index in [1.54, 1.807) is 0 Å². The maximum Gasteiger partial charge on any atom is 0.433 e. The molecule has 0 radical (unpaired) electrons. The number of alkyl halides is 3. The first-order valence-corrected chi connectivity index (χ1v) is 9.72. The highest BCUT2D eigenvalue weighted by atomic mass is 32.2. The molecule has 3 rings (SSSR count). The van der Waals surface area contributed by atoms with Crippen molar-refractivity contribution in [2.45, 2.75) is 30.8 Å². The van der Waals surface area contributed by atoms with Crippen LogP contribution in [0.4, 0.5) is 28.9 Å². The molecule has 1 fully saturated rings. The Morgan fingerprint density at radius 1 is 1.19 bits per heavy atom. The second-order valence-corrected chi connectivity index (χ2v) is 7.71. The Labute approximate surface area is 157 Å². The first-order chi connectivity index (χ1) is 12.7. The van der Waals surface area contributed by atoms with Crippen molar-refractivity contribution in [2.24, 2.45) is 4.99 Å². The maximum atomic E-state index is 14.4. The predicted molar refractivity (Wildman–Crippen MR) is 98.6 cm³/mol. The van der Waals surface area contributed by atoms with Crippen molar-refractivity contribution < 1.29 is 22.1 Å². The largest absolute Gasteiger partial charge is 0.611 e. The molecule has 1 unspecified atom stereocenters. The van der Waals surface area contributed by atoms with E-state index < -0.39 is 28.9 Å². The SMILES string of the molecule is Cc1cc(F)c(N=C2CCCN2c2ccccc2)cc1[S+]([O-])CC(F)(F)F. The highest BCUT2D eigenvalue weighted by molar-refractivity contribution is 7.91. The highest BCUT2D eigenvalue weighted by Crippen LogP contribution is 2.31. The normalized spacial score (nSPS) is 17.6. The van der Waals surface area contributed by atoms with Crippen molar-refractivity contribution in [1.29, 1.82) is 0 Å². The third-order valence-corrected chi connectivity index (χ3v) is 5.72. The van der Waals surface area contributed by atoms with Gasteiger partial charge in [0.15, 0.2) is 4.90 Å². The lowest BCUT2D eigenvalue weighted by Crippen LogP contribution is -2.24. The van der Waals surface area contributed by atoms with E-state index in [2.05, 4.69) is 4.99 Å². The summed E-state index contributed by atoms with van der Waals surface area (Å²) in [5.41, 5.74) is 1.04. The number of amidine groups is 1. The van der Waals surface area contributed by atoms with Gasteiger partial charge >= 0.3 is 6.18 Å². The molecule has 0 aromatic heterocycles. The lowest BCUT2D eigenvalue weighted by molar-refractivity contribution is -0.106. The summed E-state index contributed by atoms with van der Waals surface area (Å²) >= 11 is -2.31. The molecular formula is C19H18F4N2OS. The van der Waals surface area contributed by atoms with E-state index in [9.17, 15) is 22.1 Å². The Kier molecular flexibility index (Phi) is 5.76. The third-order valence-electron chi connectivity index (χ3n) is 4.20. The minimum atomic E-state index is -4.56. The summed E-state index contributed by atoms with van der Waals surface area (Å²) in [5.74, 6) is -1.48. The van der Waals surface area contributed by atoms with Crippen molar-refractivity contribution in [3.05, 3.63) is 53.8 Å². The topological polar surface area (TPSA) is 38.7 Å². The molecule has 2 aromatic rings. The van der Waals surface area contributed by atoms with Crippen LogP contribution in [0.25, 0.3) is 0 Å². The van der Waals surface area contributed by atoms with Crippen LogP contribution in [0.1, 0.15) is 18.4 Å². The molecule has 144 valence electrons. The summed E-state index contributed by atoms with van der Waals surface area (Å²) in [6.45, 7) is 2.17. The van der Waals surface area contributed by atoms with Crippen molar-refractivity contribution in [1.82, 2.24) is 0 Å². The zero-order valence-corrected chi connectivity index (χ0v) is 15.4. The van der Waals surface area contributed by atoms with E-state index in [0.717, 1.165) is 24.7 Å². The van der Waals surface area contributed by atoms with Crippen LogP contribution >= 0.6 is 0 Å². The number of aliphatic imine (C=N–C) groups is 1. The van der Waals surface area contributed by atoms with Gasteiger partial charge in [0.05, 0.1) is 0 Å². The smallest absolute Gasteiger partial charge is 0.433 e. The second-order valence-electron chi connectivity index (χ2n) is 6.29. The summed E-state index contributed by atoms with van der Waals surface area (Å²) in [4.78, 5) is 6.25. The van der Waals surface area contributed by atoms with Crippen LogP contribution in [-0.2, 0) is 11.2 Å². The number of benzene rings is 2. The van der Waals surface area contributed by atoms with Crippen LogP contribution in [0.3, 0.4) is 0 Å². The van der Waals surface area contributed by atoms with Crippen molar-refractivity contribution in [3.8, 4) is 0 Å². The lowest BCUT2D eigenvalue weighted by Gasteiger charge is -2.19. The fraction of sp³-hybridized carbons (Fsp3) is 0.316. The molecule has 1 heterocycles. The van der Waals surface area contributed by atoms with Gasteiger partial charge in [-0.1, -0.05) is 18.2 Å². The number of hydrogen-bond donors (Lipinski definition) is 0. The number of anilines is 1. The molecular weight excluding hydrogens is 380 g/mol. The van der Waals surface area contributed by atoms with Crippen LogP contribution in [0.5, 0.6) is 0 Å². The summed E-state index contributed by atoms with van der Waals surface area (Å²) in [6, 6.07) is 11.7. The van der Waals surface area contributed by atoms with Gasteiger partial charge in [-0.05, 0) is 42.7 Å². The van der Waals surface area contributed by atoms with Gasteiger partial charge in [0.2, 0.25) is 5.75 Å². The Hall–Kier alpha value is -2.06. The summed E-state index contributed by atoms with van der Waals surface area (Å²) < 4.78 is 64.2. The molecule has 0 aliphatic carbocycles. The average Bonchev–Trinajstić information content (AvgIpc) is 3.04. The van der Waals surface area contributed by atoms with Gasteiger partial charge in [-0.15, -0.1) is 0 Å². The molecule has 0 spiro atoms. The predicted octanol–water partition coefficient (Wildman–Crippen LogP) is 5.13. The molecule has 0 amide bonds. The van der Waals surface area contributed by atoms with Gasteiger partial charge in [-0.3, -0.25) is 0 Å². The Morgan fingerprint density at radius 3 is 2.56 bits per heavy atom. The molecule has 0 saturated carbocycles. The Bertz CT molecular complexity index is 840. The van der Waals surface area contributed by atoms with Crippen LogP contribution in [0, 0.1) is 12.7 Å². The zero-order chi connectivity index (χ0) is 19.6. The molecule has 1 saturated heterocycles. The average molecular weight is 398 g/mol. The number of aryl methyl sites for hydroxylation is 1. The third kappa shape index (κ3) is 4.81. The molecule has 1 aliphatic rings. The van der Waals surface area contributed by atoms with Crippen LogP contribution in [-0.4, -0.2) is 28.9 Å². The lowest BCUT2D eigenvalue weighted by atomic mass is 10.2. The molecule has 27 heavy (non-hydrogen) atoms. The Balaban J connectivity index is 1.94. The summed E-state index contributed by atoms with van der Waals surface area (Å²) in [7, 11) is 0. The van der Waals surface area contributed by atoms with E-state index in [4.69, 9.17) is 0 Å². The molecule has 8 heteroatoms. The van der Waals surface area contributed by atoms with E-state index in [0.29, 0.717) is 12.3 Å². The molecule has 1 aliphatic heterocycles. The molecule has 2 aromatic carbocycles. The number of nitrogens with zero attached hydrogens (tertiary/aromatic N) is 2. The van der Waals surface area contributed by atoms with Crippen LogP contribution < -0.4 is 4.90 Å². The van der Waals surface area contributed by atoms with E-state index in [1.165, 1.54) is 13.0 Å². The van der Waals surface area contributed by atoms with E-state index >= 15 is 0 Å². The molecule has 0 N–H and O–H groups in total. The van der Waals surface area contributed by atoms with Crippen molar-refractivity contribution in [2.75, 3.05) is 17.2 Å². The summed E-state index contributed by atoms with van der Waals surface area (Å²) in [6.07, 6.45) is -3.09. The molecule has 0 bridgehead atoms. The maximum absolute atomic E-state index is 14.4. The fourth-order valence-corrected chi connectivity index (χ4v) is 4.11. The minimum Gasteiger partial charge on any atom is -0.611 e. The summed E-state index contributed by atoms with van der Waals surface area (Å²) in [5, 5.41) is 0. The van der Waals surface area contributed by atoms with Gasteiger partial charge < -0.3 is 9.45 Å².